The largest absolute Gasteiger partial charge is 0.423 e. The fraction of sp³-hybridized carbons (Fsp3) is 0.0667. The summed E-state index contributed by atoms with van der Waals surface area (Å²) in [4.78, 5) is 11.9. The number of benzene rings is 2. The van der Waals surface area contributed by atoms with E-state index >= 15 is 0 Å². The highest BCUT2D eigenvalue weighted by atomic mass is 79.9. The normalized spacial score (nSPS) is 10.8. The molecule has 0 amide bonds. The van der Waals surface area contributed by atoms with Crippen LogP contribution < -0.4 is 4.74 Å². The Morgan fingerprint density at radius 1 is 1.29 bits per heavy atom. The number of hydrogen-bond acceptors (Lipinski definition) is 4. The topological polar surface area (TPSA) is 52.3 Å². The summed E-state index contributed by atoms with van der Waals surface area (Å²) in [5.74, 6) is -1.32. The van der Waals surface area contributed by atoms with Crippen LogP contribution in [0, 0.1) is 5.82 Å². The first-order valence-corrected chi connectivity index (χ1v) is 6.92. The summed E-state index contributed by atoms with van der Waals surface area (Å²) in [7, 11) is 0. The Bertz CT molecular complexity index is 816. The predicted octanol–water partition coefficient (Wildman–Crippen LogP) is 3.88. The molecule has 3 rings (SSSR count). The Morgan fingerprint density at radius 2 is 2.10 bits per heavy atom. The van der Waals surface area contributed by atoms with Gasteiger partial charge in [-0.1, -0.05) is 33.2 Å². The molecule has 0 N–H and O–H groups in total. The molecular weight excluding hydrogens is 341 g/mol. The second-order valence-corrected chi connectivity index (χ2v) is 5.27. The van der Waals surface area contributed by atoms with Crippen molar-refractivity contribution in [2.75, 3.05) is 0 Å². The van der Waals surface area contributed by atoms with Gasteiger partial charge in [0.1, 0.15) is 5.69 Å². The fourth-order valence-electron chi connectivity index (χ4n) is 1.92. The van der Waals surface area contributed by atoms with Crippen molar-refractivity contribution < 1.29 is 18.4 Å². The Morgan fingerprint density at radius 3 is 2.90 bits per heavy atom. The van der Waals surface area contributed by atoms with Crippen LogP contribution in [0.3, 0.4) is 0 Å². The van der Waals surface area contributed by atoms with Crippen LogP contribution in [0.15, 0.2) is 51.5 Å². The molecule has 1 heterocycles. The van der Waals surface area contributed by atoms with Crippen molar-refractivity contribution in [1.29, 1.82) is 0 Å². The fourth-order valence-corrected chi connectivity index (χ4v) is 2.25. The van der Waals surface area contributed by atoms with Crippen LogP contribution in [-0.2, 0) is 11.2 Å². The predicted molar refractivity (Wildman–Crippen MR) is 77.4 cm³/mol. The van der Waals surface area contributed by atoms with Crippen molar-refractivity contribution in [3.8, 4) is 5.75 Å². The summed E-state index contributed by atoms with van der Waals surface area (Å²) < 4.78 is 24.3. The highest BCUT2D eigenvalue weighted by Crippen LogP contribution is 2.23. The van der Waals surface area contributed by atoms with Crippen LogP contribution >= 0.6 is 15.9 Å². The molecule has 4 nitrogen and oxygen atoms in total. The van der Waals surface area contributed by atoms with Gasteiger partial charge in [0.15, 0.2) is 17.1 Å². The van der Waals surface area contributed by atoms with Gasteiger partial charge in [-0.15, -0.1) is 0 Å². The first-order valence-electron chi connectivity index (χ1n) is 6.12. The van der Waals surface area contributed by atoms with E-state index in [0.717, 1.165) is 5.39 Å². The van der Waals surface area contributed by atoms with Crippen LogP contribution in [0.25, 0.3) is 11.0 Å². The van der Waals surface area contributed by atoms with E-state index < -0.39 is 11.8 Å². The lowest BCUT2D eigenvalue weighted by Crippen LogP contribution is -2.12. The Hall–Kier alpha value is -2.21. The summed E-state index contributed by atoms with van der Waals surface area (Å²) in [5, 5.41) is 4.58. The first-order chi connectivity index (χ1) is 10.1. The maximum absolute atomic E-state index is 13.6. The second-order valence-electron chi connectivity index (χ2n) is 4.35. The first kappa shape index (κ1) is 13.8. The van der Waals surface area contributed by atoms with Crippen molar-refractivity contribution in [3.63, 3.8) is 0 Å². The number of para-hydroxylation sites is 1. The van der Waals surface area contributed by atoms with Gasteiger partial charge in [-0.05, 0) is 30.3 Å². The molecule has 0 aliphatic carbocycles. The molecule has 3 aromatic rings. The molecule has 0 spiro atoms. The lowest BCUT2D eigenvalue weighted by Gasteiger charge is -2.04. The molecule has 0 saturated carbocycles. The molecule has 0 radical (unpaired) electrons. The number of esters is 1. The van der Waals surface area contributed by atoms with E-state index in [0.29, 0.717) is 15.7 Å². The van der Waals surface area contributed by atoms with E-state index in [1.165, 1.54) is 12.1 Å². The van der Waals surface area contributed by atoms with Crippen molar-refractivity contribution in [2.45, 2.75) is 6.42 Å². The zero-order chi connectivity index (χ0) is 14.8. The third kappa shape index (κ3) is 2.95. The molecule has 0 aliphatic rings. The van der Waals surface area contributed by atoms with Gasteiger partial charge in [0.2, 0.25) is 0 Å². The van der Waals surface area contributed by atoms with Gasteiger partial charge in [0, 0.05) is 9.86 Å². The van der Waals surface area contributed by atoms with E-state index in [2.05, 4.69) is 21.1 Å². The second kappa shape index (κ2) is 5.65. The smallest absolute Gasteiger partial charge is 0.317 e. The number of hydrogen-bond donors (Lipinski definition) is 0. The lowest BCUT2D eigenvalue weighted by atomic mass is 10.2. The monoisotopic (exact) mass is 349 g/mol. The van der Waals surface area contributed by atoms with Crippen LogP contribution in [0.5, 0.6) is 5.75 Å². The molecule has 0 aliphatic heterocycles. The molecule has 0 atom stereocenters. The minimum Gasteiger partial charge on any atom is -0.423 e. The third-order valence-electron chi connectivity index (χ3n) is 2.88. The number of fused-ring (bicyclic) bond motifs is 1. The summed E-state index contributed by atoms with van der Waals surface area (Å²) in [5.41, 5.74) is 1.06. The summed E-state index contributed by atoms with van der Waals surface area (Å²) >= 11 is 3.14. The van der Waals surface area contributed by atoms with Crippen molar-refractivity contribution in [2.24, 2.45) is 0 Å². The summed E-state index contributed by atoms with van der Waals surface area (Å²) in [6, 6.07) is 11.4. The van der Waals surface area contributed by atoms with E-state index in [1.54, 1.807) is 18.2 Å². The van der Waals surface area contributed by atoms with Crippen LogP contribution in [0.2, 0.25) is 0 Å². The molecule has 21 heavy (non-hydrogen) atoms. The molecule has 2 aromatic carbocycles. The number of aromatic nitrogens is 1. The highest BCUT2D eigenvalue weighted by molar-refractivity contribution is 9.10. The average Bonchev–Trinajstić information content (AvgIpc) is 2.85. The minimum atomic E-state index is -0.609. The molecule has 0 unspecified atom stereocenters. The number of halogens is 2. The van der Waals surface area contributed by atoms with E-state index in [9.17, 15) is 9.18 Å². The zero-order valence-corrected chi connectivity index (χ0v) is 12.3. The standard InChI is InChI=1S/C15H9BrFNO3/c16-9-5-6-14(11(17)7-9)20-15(19)8-12-10-3-1-2-4-13(10)21-18-12/h1-7H,8H2. The Kier molecular flexibility index (Phi) is 3.70. The van der Waals surface area contributed by atoms with Gasteiger partial charge in [-0.25, -0.2) is 4.39 Å². The van der Waals surface area contributed by atoms with Crippen molar-refractivity contribution in [3.05, 3.63) is 58.4 Å². The molecule has 0 fully saturated rings. The number of carbonyl (C=O) groups excluding carboxylic acids is 1. The molecule has 106 valence electrons. The quantitative estimate of drug-likeness (QED) is 0.531. The van der Waals surface area contributed by atoms with E-state index in [-0.39, 0.29) is 12.2 Å². The Labute approximate surface area is 127 Å². The van der Waals surface area contributed by atoms with E-state index in [4.69, 9.17) is 9.26 Å². The number of rotatable bonds is 3. The lowest BCUT2D eigenvalue weighted by molar-refractivity contribution is -0.133. The van der Waals surface area contributed by atoms with Crippen LogP contribution in [0.1, 0.15) is 5.69 Å². The van der Waals surface area contributed by atoms with Gasteiger partial charge >= 0.3 is 5.97 Å². The van der Waals surface area contributed by atoms with Gasteiger partial charge in [0.25, 0.3) is 0 Å². The van der Waals surface area contributed by atoms with Crippen molar-refractivity contribution in [1.82, 2.24) is 5.16 Å². The number of carbonyl (C=O) groups is 1. The average molecular weight is 350 g/mol. The van der Waals surface area contributed by atoms with Gasteiger partial charge in [-0.3, -0.25) is 4.79 Å². The molecular formula is C15H9BrFNO3. The number of ether oxygens (including phenoxy) is 1. The molecule has 0 bridgehead atoms. The maximum atomic E-state index is 13.6. The summed E-state index contributed by atoms with van der Waals surface area (Å²) in [6.07, 6.45) is -0.0908. The molecule has 6 heteroatoms. The van der Waals surface area contributed by atoms with Crippen LogP contribution in [0.4, 0.5) is 4.39 Å². The minimum absolute atomic E-state index is 0.0908. The zero-order valence-electron chi connectivity index (χ0n) is 10.7. The Balaban J connectivity index is 1.77. The number of nitrogens with zero attached hydrogens (tertiary/aromatic N) is 1. The van der Waals surface area contributed by atoms with Gasteiger partial charge in [-0.2, -0.15) is 0 Å². The summed E-state index contributed by atoms with van der Waals surface area (Å²) in [6.45, 7) is 0. The van der Waals surface area contributed by atoms with Crippen molar-refractivity contribution >= 4 is 32.9 Å². The molecule has 1 aromatic heterocycles. The van der Waals surface area contributed by atoms with E-state index in [1.807, 2.05) is 12.1 Å². The highest BCUT2D eigenvalue weighted by Gasteiger charge is 2.15. The van der Waals surface area contributed by atoms with Gasteiger partial charge < -0.3 is 9.26 Å². The van der Waals surface area contributed by atoms with Crippen LogP contribution in [-0.4, -0.2) is 11.1 Å². The van der Waals surface area contributed by atoms with Gasteiger partial charge in [0.05, 0.1) is 6.42 Å². The maximum Gasteiger partial charge on any atom is 0.317 e. The molecule has 0 saturated heterocycles. The third-order valence-corrected chi connectivity index (χ3v) is 3.37. The SMILES string of the molecule is O=C(Cc1noc2ccccc12)Oc1ccc(Br)cc1F.